The Bertz CT molecular complexity index is 1940. The van der Waals surface area contributed by atoms with E-state index in [2.05, 4.69) is 11.1 Å². The second-order valence-electron chi connectivity index (χ2n) is 15.0. The number of hydrogen-bond acceptors (Lipinski definition) is 7. The van der Waals surface area contributed by atoms with E-state index in [0.717, 1.165) is 53.2 Å². The molecule has 0 N–H and O–H groups in total. The van der Waals surface area contributed by atoms with E-state index < -0.39 is 23.4 Å². The molecule has 4 aromatic rings. The van der Waals surface area contributed by atoms with E-state index in [9.17, 15) is 14.4 Å². The summed E-state index contributed by atoms with van der Waals surface area (Å²) in [5.74, 6) is 0.406. The second kappa shape index (κ2) is 13.2. The zero-order valence-corrected chi connectivity index (χ0v) is 28.9. The molecule has 2 aliphatic rings. The topological polar surface area (TPSA) is 105 Å². The van der Waals surface area contributed by atoms with Gasteiger partial charge in [-0.1, -0.05) is 24.6 Å². The zero-order valence-electron chi connectivity index (χ0n) is 28.9. The number of pyridine rings is 2. The fourth-order valence-electron chi connectivity index (χ4n) is 6.31. The van der Waals surface area contributed by atoms with Gasteiger partial charge in [-0.25, -0.2) is 14.2 Å². The molecular weight excluding hydrogens is 608 g/mol. The molecule has 1 aromatic carbocycles. The average Bonchev–Trinajstić information content (AvgIpc) is 3.35. The van der Waals surface area contributed by atoms with Crippen molar-refractivity contribution in [2.45, 2.75) is 91.5 Å². The molecule has 10 nitrogen and oxygen atoms in total. The normalized spacial score (nSPS) is 15.7. The number of amides is 1. The Morgan fingerprint density at radius 3 is 2.44 bits per heavy atom. The minimum atomic E-state index is -0.731. The minimum Gasteiger partial charge on any atom is -0.444 e. The van der Waals surface area contributed by atoms with Crippen LogP contribution in [0, 0.1) is 5.92 Å². The maximum Gasteiger partial charge on any atom is 0.419 e. The molecule has 1 aliphatic heterocycles. The van der Waals surface area contributed by atoms with Gasteiger partial charge in [-0.15, -0.1) is 0 Å². The van der Waals surface area contributed by atoms with E-state index in [0.29, 0.717) is 48.8 Å². The summed E-state index contributed by atoms with van der Waals surface area (Å²) in [7, 11) is 0. The standard InChI is InChI=1S/C38H46N4O6/c1-37(2,3)47-35(44)41(22-25-8-7-9-25)24-29-19-28-11-10-26(18-33(28)42(29)36(45)48-38(4,5)6)23-40-15-12-30-31(27-13-16-46-17-14-27)20-39-21-32(30)34(40)43/h10-13,15,18-21,25H,7-9,14,16-17,22-24H2,1-6H3. The number of rotatable bonds is 7. The van der Waals surface area contributed by atoms with Crippen molar-refractivity contribution in [2.75, 3.05) is 19.8 Å². The maximum atomic E-state index is 13.8. The summed E-state index contributed by atoms with van der Waals surface area (Å²) in [5, 5.41) is 2.25. The predicted octanol–water partition coefficient (Wildman–Crippen LogP) is 7.52. The third-order valence-electron chi connectivity index (χ3n) is 8.79. The lowest BCUT2D eigenvalue weighted by Crippen LogP contribution is -2.41. The highest BCUT2D eigenvalue weighted by Gasteiger charge is 2.30. The molecule has 254 valence electrons. The number of aromatic nitrogens is 3. The van der Waals surface area contributed by atoms with Crippen LogP contribution < -0.4 is 5.56 Å². The molecule has 1 aliphatic carbocycles. The summed E-state index contributed by atoms with van der Waals surface area (Å²) >= 11 is 0. The van der Waals surface area contributed by atoms with Crippen molar-refractivity contribution < 1.29 is 23.8 Å². The molecule has 3 aromatic heterocycles. The van der Waals surface area contributed by atoms with Crippen LogP contribution in [-0.2, 0) is 27.3 Å². The fourth-order valence-corrected chi connectivity index (χ4v) is 6.31. The maximum absolute atomic E-state index is 13.8. The van der Waals surface area contributed by atoms with Gasteiger partial charge in [-0.3, -0.25) is 9.78 Å². The Kier molecular flexibility index (Phi) is 9.22. The van der Waals surface area contributed by atoms with Crippen LogP contribution in [0.15, 0.2) is 59.8 Å². The van der Waals surface area contributed by atoms with Gasteiger partial charge in [0.1, 0.15) is 11.2 Å². The van der Waals surface area contributed by atoms with Crippen LogP contribution in [-0.4, -0.2) is 62.2 Å². The van der Waals surface area contributed by atoms with Crippen LogP contribution in [0.4, 0.5) is 9.59 Å². The van der Waals surface area contributed by atoms with Crippen molar-refractivity contribution >= 4 is 39.4 Å². The Morgan fingerprint density at radius 1 is 1.00 bits per heavy atom. The molecule has 0 radical (unpaired) electrons. The van der Waals surface area contributed by atoms with Crippen LogP contribution >= 0.6 is 0 Å². The van der Waals surface area contributed by atoms with E-state index in [1.165, 1.54) is 0 Å². The molecule has 10 heteroatoms. The first-order valence-electron chi connectivity index (χ1n) is 16.8. The van der Waals surface area contributed by atoms with Crippen LogP contribution in [0.1, 0.15) is 84.0 Å². The largest absolute Gasteiger partial charge is 0.444 e. The number of benzene rings is 1. The monoisotopic (exact) mass is 654 g/mol. The summed E-state index contributed by atoms with van der Waals surface area (Å²) in [6.45, 7) is 13.3. The summed E-state index contributed by atoms with van der Waals surface area (Å²) in [6, 6.07) is 9.73. The predicted molar refractivity (Wildman–Crippen MR) is 186 cm³/mol. The van der Waals surface area contributed by atoms with Crippen LogP contribution in [0.25, 0.3) is 27.2 Å². The SMILES string of the molecule is CC(C)(C)OC(=O)N(Cc1cc2ccc(Cn3ccc4c(C5=CCOCC5)cncc4c3=O)cc2n1C(=O)OC(C)(C)C)CC1CCC1. The highest BCUT2D eigenvalue weighted by atomic mass is 16.6. The van der Waals surface area contributed by atoms with Gasteiger partial charge >= 0.3 is 12.2 Å². The van der Waals surface area contributed by atoms with E-state index in [4.69, 9.17) is 14.2 Å². The van der Waals surface area contributed by atoms with Crippen LogP contribution in [0.3, 0.4) is 0 Å². The van der Waals surface area contributed by atoms with Gasteiger partial charge in [0.15, 0.2) is 0 Å². The second-order valence-corrected chi connectivity index (χ2v) is 15.0. The summed E-state index contributed by atoms with van der Waals surface area (Å²) in [4.78, 5) is 47.0. The number of fused-ring (bicyclic) bond motifs is 2. The molecule has 6 rings (SSSR count). The molecule has 0 atom stereocenters. The average molecular weight is 655 g/mol. The first kappa shape index (κ1) is 33.5. The van der Waals surface area contributed by atoms with Gasteiger partial charge in [-0.2, -0.15) is 0 Å². The highest BCUT2D eigenvalue weighted by Crippen LogP contribution is 2.31. The third-order valence-corrected chi connectivity index (χ3v) is 8.79. The quantitative estimate of drug-likeness (QED) is 0.203. The number of nitrogens with zero attached hydrogens (tertiary/aromatic N) is 4. The Morgan fingerprint density at radius 2 is 1.77 bits per heavy atom. The first-order valence-corrected chi connectivity index (χ1v) is 16.8. The summed E-state index contributed by atoms with van der Waals surface area (Å²) in [5.41, 5.74) is 2.70. The minimum absolute atomic E-state index is 0.137. The Balaban J connectivity index is 1.36. The molecule has 1 saturated carbocycles. The first-order chi connectivity index (χ1) is 22.8. The highest BCUT2D eigenvalue weighted by molar-refractivity contribution is 5.93. The van der Waals surface area contributed by atoms with E-state index >= 15 is 0 Å². The molecule has 0 unspecified atom stereocenters. The van der Waals surface area contributed by atoms with Gasteiger partial charge in [0.05, 0.1) is 37.2 Å². The molecule has 0 bridgehead atoms. The van der Waals surface area contributed by atoms with Gasteiger partial charge < -0.3 is 23.7 Å². The zero-order chi connectivity index (χ0) is 34.2. The Hall–Kier alpha value is -4.44. The molecule has 48 heavy (non-hydrogen) atoms. The lowest BCUT2D eigenvalue weighted by atomic mass is 9.85. The van der Waals surface area contributed by atoms with Crippen molar-refractivity contribution in [2.24, 2.45) is 5.92 Å². The van der Waals surface area contributed by atoms with Crippen molar-refractivity contribution in [3.8, 4) is 0 Å². The summed E-state index contributed by atoms with van der Waals surface area (Å²) in [6.07, 6.45) is 10.4. The van der Waals surface area contributed by atoms with E-state index in [-0.39, 0.29) is 12.1 Å². The lowest BCUT2D eigenvalue weighted by molar-refractivity contribution is 0.0163. The van der Waals surface area contributed by atoms with Crippen molar-refractivity contribution in [1.29, 1.82) is 0 Å². The van der Waals surface area contributed by atoms with Crippen LogP contribution in [0.2, 0.25) is 0 Å². The van der Waals surface area contributed by atoms with Gasteiger partial charge in [0.2, 0.25) is 0 Å². The van der Waals surface area contributed by atoms with E-state index in [1.54, 1.807) is 20.2 Å². The lowest BCUT2D eigenvalue weighted by Gasteiger charge is -2.33. The molecule has 1 fully saturated rings. The smallest absolute Gasteiger partial charge is 0.419 e. The number of carbonyl (C=O) groups is 2. The number of carbonyl (C=O) groups excluding carboxylic acids is 2. The molecule has 0 saturated heterocycles. The number of hydrogen-bond donors (Lipinski definition) is 0. The molecular formula is C38H46N4O6. The van der Waals surface area contributed by atoms with Gasteiger partial charge in [-0.05, 0) is 101 Å². The Labute approximate surface area is 281 Å². The summed E-state index contributed by atoms with van der Waals surface area (Å²) < 4.78 is 20.3. The third kappa shape index (κ3) is 7.49. The van der Waals surface area contributed by atoms with Crippen molar-refractivity contribution in [1.82, 2.24) is 19.0 Å². The van der Waals surface area contributed by atoms with Crippen molar-refractivity contribution in [3.05, 3.63) is 82.2 Å². The fraction of sp³-hybridized carbons (Fsp3) is 0.474. The molecule has 0 spiro atoms. The molecule has 1 amide bonds. The van der Waals surface area contributed by atoms with Gasteiger partial charge in [0.25, 0.3) is 5.56 Å². The van der Waals surface area contributed by atoms with Crippen LogP contribution in [0.5, 0.6) is 0 Å². The van der Waals surface area contributed by atoms with Crippen molar-refractivity contribution in [3.63, 3.8) is 0 Å². The number of ether oxygens (including phenoxy) is 3. The van der Waals surface area contributed by atoms with Gasteiger partial charge in [0, 0.05) is 41.8 Å². The molecule has 4 heterocycles. The van der Waals surface area contributed by atoms with E-state index in [1.807, 2.05) is 84.3 Å².